The topological polar surface area (TPSA) is 15.3 Å². The zero-order valence-electron chi connectivity index (χ0n) is 12.6. The average Bonchev–Trinajstić information content (AvgIpc) is 2.37. The van der Waals surface area contributed by atoms with Crippen LogP contribution in [0.25, 0.3) is 0 Å². The largest absolute Gasteiger partial charge is 0.312 e. The Balaban J connectivity index is 1.62. The van der Waals surface area contributed by atoms with Crippen molar-refractivity contribution in [2.45, 2.75) is 58.9 Å². The van der Waals surface area contributed by atoms with Gasteiger partial charge in [-0.3, -0.25) is 0 Å². The number of hydrogen-bond donors (Lipinski definition) is 1. The lowest BCUT2D eigenvalue weighted by atomic mass is 9.78. The smallest absolute Gasteiger partial charge is 0.0107 e. The van der Waals surface area contributed by atoms with E-state index in [1.165, 1.54) is 58.3 Å². The van der Waals surface area contributed by atoms with E-state index in [1.54, 1.807) is 0 Å². The molecule has 3 atom stereocenters. The van der Waals surface area contributed by atoms with E-state index in [2.05, 4.69) is 31.0 Å². The molecule has 2 aliphatic rings. The number of hydrogen-bond acceptors (Lipinski definition) is 2. The minimum absolute atomic E-state index is 0.775. The maximum Gasteiger partial charge on any atom is 0.0107 e. The molecule has 0 amide bonds. The summed E-state index contributed by atoms with van der Waals surface area (Å²) in [4.78, 5) is 2.64. The molecule has 1 heterocycles. The third-order valence-corrected chi connectivity index (χ3v) is 5.42. The summed E-state index contributed by atoms with van der Waals surface area (Å²) in [5.41, 5.74) is 0. The Morgan fingerprint density at radius 2 is 1.72 bits per heavy atom. The summed E-state index contributed by atoms with van der Waals surface area (Å²) in [7, 11) is 0. The maximum absolute atomic E-state index is 3.82. The molecule has 1 N–H and O–H groups in total. The van der Waals surface area contributed by atoms with Crippen molar-refractivity contribution < 1.29 is 0 Å². The average molecular weight is 252 g/mol. The van der Waals surface area contributed by atoms with Gasteiger partial charge >= 0.3 is 0 Å². The maximum atomic E-state index is 3.82. The van der Waals surface area contributed by atoms with Crippen LogP contribution in [0, 0.1) is 17.8 Å². The van der Waals surface area contributed by atoms with Crippen LogP contribution in [-0.2, 0) is 0 Å². The van der Waals surface area contributed by atoms with E-state index in [4.69, 9.17) is 0 Å². The Labute approximate surface area is 114 Å². The Hall–Kier alpha value is -0.0800. The molecule has 0 spiro atoms. The second kappa shape index (κ2) is 6.91. The van der Waals surface area contributed by atoms with Crippen molar-refractivity contribution in [3.63, 3.8) is 0 Å². The van der Waals surface area contributed by atoms with Crippen LogP contribution >= 0.6 is 0 Å². The highest BCUT2D eigenvalue weighted by Crippen LogP contribution is 2.29. The zero-order valence-corrected chi connectivity index (χ0v) is 12.6. The van der Waals surface area contributed by atoms with Gasteiger partial charge in [0, 0.05) is 19.1 Å². The van der Waals surface area contributed by atoms with Gasteiger partial charge in [-0.2, -0.15) is 0 Å². The molecule has 0 aromatic rings. The second-order valence-corrected chi connectivity index (χ2v) is 6.85. The van der Waals surface area contributed by atoms with Crippen LogP contribution in [0.15, 0.2) is 0 Å². The third kappa shape index (κ3) is 3.96. The van der Waals surface area contributed by atoms with Crippen LogP contribution in [0.1, 0.15) is 52.9 Å². The lowest BCUT2D eigenvalue weighted by molar-refractivity contribution is 0.173. The molecule has 2 nitrogen and oxygen atoms in total. The summed E-state index contributed by atoms with van der Waals surface area (Å²) < 4.78 is 0. The Morgan fingerprint density at radius 1 is 1.00 bits per heavy atom. The molecule has 1 saturated carbocycles. The molecule has 18 heavy (non-hydrogen) atoms. The minimum Gasteiger partial charge on any atom is -0.312 e. The van der Waals surface area contributed by atoms with Gasteiger partial charge in [0.05, 0.1) is 0 Å². The van der Waals surface area contributed by atoms with Crippen LogP contribution < -0.4 is 5.32 Å². The first-order chi connectivity index (χ1) is 8.66. The van der Waals surface area contributed by atoms with Crippen LogP contribution in [0.3, 0.4) is 0 Å². The fourth-order valence-electron chi connectivity index (χ4n) is 3.56. The van der Waals surface area contributed by atoms with Crippen LogP contribution in [-0.4, -0.2) is 37.1 Å². The van der Waals surface area contributed by atoms with E-state index in [9.17, 15) is 0 Å². The van der Waals surface area contributed by atoms with Gasteiger partial charge in [0.1, 0.15) is 0 Å². The summed E-state index contributed by atoms with van der Waals surface area (Å²) in [5.74, 6) is 2.72. The van der Waals surface area contributed by atoms with Crippen LogP contribution in [0.2, 0.25) is 0 Å². The molecule has 2 fully saturated rings. The summed E-state index contributed by atoms with van der Waals surface area (Å²) in [6.07, 6.45) is 7.05. The van der Waals surface area contributed by atoms with Crippen molar-refractivity contribution in [2.24, 2.45) is 17.8 Å². The number of rotatable bonds is 4. The predicted molar refractivity (Wildman–Crippen MR) is 78.8 cm³/mol. The molecule has 2 heteroatoms. The quantitative estimate of drug-likeness (QED) is 0.827. The Morgan fingerprint density at radius 3 is 2.44 bits per heavy atom. The highest BCUT2D eigenvalue weighted by Gasteiger charge is 2.26. The summed E-state index contributed by atoms with van der Waals surface area (Å²) >= 11 is 0. The molecule has 1 saturated heterocycles. The fraction of sp³-hybridized carbons (Fsp3) is 1.00. The van der Waals surface area contributed by atoms with E-state index in [-0.39, 0.29) is 0 Å². The van der Waals surface area contributed by atoms with Crippen molar-refractivity contribution in [1.82, 2.24) is 10.2 Å². The Bertz CT molecular complexity index is 233. The molecule has 0 aromatic carbocycles. The lowest BCUT2D eigenvalue weighted by Gasteiger charge is -2.36. The number of piperidine rings is 1. The number of nitrogens with zero attached hydrogens (tertiary/aromatic N) is 1. The third-order valence-electron chi connectivity index (χ3n) is 5.42. The molecule has 0 radical (unpaired) electrons. The van der Waals surface area contributed by atoms with Crippen molar-refractivity contribution in [3.05, 3.63) is 0 Å². The molecule has 3 unspecified atom stereocenters. The van der Waals surface area contributed by atoms with Gasteiger partial charge in [-0.25, -0.2) is 0 Å². The lowest BCUT2D eigenvalue weighted by Crippen LogP contribution is -2.45. The predicted octanol–water partition coefficient (Wildman–Crippen LogP) is 3.13. The van der Waals surface area contributed by atoms with Crippen molar-refractivity contribution in [3.8, 4) is 0 Å². The van der Waals surface area contributed by atoms with Crippen LogP contribution in [0.4, 0.5) is 0 Å². The molecule has 0 bridgehead atoms. The summed E-state index contributed by atoms with van der Waals surface area (Å²) in [6, 6.07) is 0.775. The van der Waals surface area contributed by atoms with E-state index < -0.39 is 0 Å². The van der Waals surface area contributed by atoms with Gasteiger partial charge in [0.15, 0.2) is 0 Å². The highest BCUT2D eigenvalue weighted by atomic mass is 15.1. The van der Waals surface area contributed by atoms with E-state index in [0.717, 1.165) is 23.8 Å². The molecule has 0 aromatic heterocycles. The second-order valence-electron chi connectivity index (χ2n) is 6.85. The van der Waals surface area contributed by atoms with Crippen molar-refractivity contribution in [1.29, 1.82) is 0 Å². The van der Waals surface area contributed by atoms with E-state index >= 15 is 0 Å². The first-order valence-electron chi connectivity index (χ1n) is 8.12. The highest BCUT2D eigenvalue weighted by molar-refractivity contribution is 4.82. The fourth-order valence-corrected chi connectivity index (χ4v) is 3.56. The number of likely N-dealkylation sites (tertiary alicyclic amines) is 1. The monoisotopic (exact) mass is 252 g/mol. The first-order valence-corrected chi connectivity index (χ1v) is 8.12. The van der Waals surface area contributed by atoms with Gasteiger partial charge in [-0.1, -0.05) is 33.6 Å². The van der Waals surface area contributed by atoms with Crippen LogP contribution in [0.5, 0.6) is 0 Å². The standard InChI is InChI=1S/C16H32N2/c1-13-7-10-18(11-8-13)12-9-17-16-6-4-5-14(2)15(16)3/h13-17H,4-12H2,1-3H3. The van der Waals surface area contributed by atoms with Gasteiger partial charge in [-0.15, -0.1) is 0 Å². The minimum atomic E-state index is 0.775. The van der Waals surface area contributed by atoms with E-state index in [0.29, 0.717) is 0 Å². The molecular formula is C16H32N2. The zero-order chi connectivity index (χ0) is 13.0. The first kappa shape index (κ1) is 14.3. The Kier molecular flexibility index (Phi) is 5.50. The molecule has 1 aliphatic heterocycles. The van der Waals surface area contributed by atoms with Crippen molar-refractivity contribution >= 4 is 0 Å². The van der Waals surface area contributed by atoms with E-state index in [1.807, 2.05) is 0 Å². The summed E-state index contributed by atoms with van der Waals surface area (Å²) in [5, 5.41) is 3.82. The van der Waals surface area contributed by atoms with Gasteiger partial charge < -0.3 is 10.2 Å². The molecule has 106 valence electrons. The molecule has 1 aliphatic carbocycles. The summed E-state index contributed by atoms with van der Waals surface area (Å²) in [6.45, 7) is 12.3. The molecule has 2 rings (SSSR count). The van der Waals surface area contributed by atoms with Gasteiger partial charge in [0.25, 0.3) is 0 Å². The molecular weight excluding hydrogens is 220 g/mol. The number of nitrogens with one attached hydrogen (secondary N) is 1. The SMILES string of the molecule is CC1CCN(CCNC2CCCC(C)C2C)CC1. The van der Waals surface area contributed by atoms with Crippen molar-refractivity contribution in [2.75, 3.05) is 26.2 Å². The van der Waals surface area contributed by atoms with Gasteiger partial charge in [0.2, 0.25) is 0 Å². The van der Waals surface area contributed by atoms with Gasteiger partial charge in [-0.05, 0) is 50.1 Å². The normalized spacial score (nSPS) is 35.8.